The predicted molar refractivity (Wildman–Crippen MR) is 81.9 cm³/mol. The zero-order chi connectivity index (χ0) is 19.5. The van der Waals surface area contributed by atoms with Crippen molar-refractivity contribution in [3.05, 3.63) is 0 Å². The van der Waals surface area contributed by atoms with E-state index in [1.165, 1.54) is 0 Å². The molecule has 0 aliphatic carbocycles. The Labute approximate surface area is 146 Å². The second-order valence-electron chi connectivity index (χ2n) is 5.95. The summed E-state index contributed by atoms with van der Waals surface area (Å²) in [5.41, 5.74) is 9.50. The van der Waals surface area contributed by atoms with E-state index in [9.17, 15) is 23.4 Å². The number of rotatable bonds is 4. The summed E-state index contributed by atoms with van der Waals surface area (Å²) in [6.07, 6.45) is -2.29. The first-order valence-corrected chi connectivity index (χ1v) is 8.51. The Morgan fingerprint density at radius 3 is 2.62 bits per heavy atom. The number of aliphatic imine (C=N–C) groups is 2. The summed E-state index contributed by atoms with van der Waals surface area (Å²) < 4.78 is 35.4. The largest absolute Gasteiger partial charge is 0.397 e. The van der Waals surface area contributed by atoms with Gasteiger partial charge in [0, 0.05) is 0 Å². The molecule has 0 bridgehead atoms. The second-order valence-corrected chi connectivity index (χ2v) is 7.00. The molecular formula is C10H17N7O8S. The fourth-order valence-electron chi connectivity index (χ4n) is 3.53. The molecule has 26 heavy (non-hydrogen) atoms. The number of aliphatic hydroxyl groups is 2. The van der Waals surface area contributed by atoms with Crippen molar-refractivity contribution in [3.8, 4) is 0 Å². The van der Waals surface area contributed by atoms with Crippen molar-refractivity contribution in [3.63, 3.8) is 0 Å². The minimum Gasteiger partial charge on any atom is -0.373 e. The molecule has 1 spiro atoms. The third-order valence-corrected chi connectivity index (χ3v) is 4.97. The van der Waals surface area contributed by atoms with Crippen LogP contribution in [0.1, 0.15) is 6.42 Å². The lowest BCUT2D eigenvalue weighted by molar-refractivity contribution is -0.252. The summed E-state index contributed by atoms with van der Waals surface area (Å²) in [6, 6.07) is -2.25. The summed E-state index contributed by atoms with van der Waals surface area (Å²) in [4.78, 5) is 24.8. The Morgan fingerprint density at radius 2 is 2.04 bits per heavy atom. The molecular weight excluding hydrogens is 378 g/mol. The molecule has 3 aliphatic heterocycles. The predicted octanol–water partition coefficient (Wildman–Crippen LogP) is -5.34. The number of guanidine groups is 2. The summed E-state index contributed by atoms with van der Waals surface area (Å²) in [5, 5.41) is 23.9. The van der Waals surface area contributed by atoms with Crippen LogP contribution >= 0.6 is 0 Å². The minimum absolute atomic E-state index is 0.240. The van der Waals surface area contributed by atoms with Crippen LogP contribution in [-0.2, 0) is 24.2 Å². The third kappa shape index (κ3) is 2.54. The van der Waals surface area contributed by atoms with E-state index in [0.29, 0.717) is 0 Å². The van der Waals surface area contributed by atoms with Crippen LogP contribution in [0.15, 0.2) is 9.98 Å². The zero-order valence-electron chi connectivity index (χ0n) is 13.0. The molecule has 16 heteroatoms. The molecule has 3 heterocycles. The first kappa shape index (κ1) is 18.5. The normalized spacial score (nSPS) is 35.1. The number of hydrogen-bond donors (Lipinski definition) is 7. The number of carbonyl (C=O) groups excluding carboxylic acids is 1. The van der Waals surface area contributed by atoms with Crippen molar-refractivity contribution in [2.24, 2.45) is 27.3 Å². The van der Waals surface area contributed by atoms with Crippen molar-refractivity contribution in [1.29, 1.82) is 0 Å². The molecule has 3 aliphatic rings. The van der Waals surface area contributed by atoms with Crippen molar-refractivity contribution in [2.75, 3.05) is 6.54 Å². The molecule has 0 aromatic heterocycles. The van der Waals surface area contributed by atoms with Crippen LogP contribution in [0, 0.1) is 0 Å². The van der Waals surface area contributed by atoms with Gasteiger partial charge in [0.05, 0.1) is 19.0 Å². The zero-order valence-corrected chi connectivity index (χ0v) is 13.8. The topological polar surface area (TPSA) is 248 Å². The molecule has 3 rings (SSSR count). The molecule has 1 fully saturated rings. The molecule has 0 saturated carbocycles. The standard InChI is InChI=1S/C10H17N7O8S/c11-7-15-6-3(1-5(18)24-13)14-8(12)17-2-4(25-26(21,22)23)10(19,20)9(6,17)16-7/h3-4,6,19-20H,1-2,13H2,(H2,12,14)(H3,11,15,16)(H,21,22,23)/t3-,4+,6-,9?/m0/s1. The first-order valence-electron chi connectivity index (χ1n) is 7.14. The molecule has 146 valence electrons. The van der Waals surface area contributed by atoms with Gasteiger partial charge >= 0.3 is 16.4 Å². The highest BCUT2D eigenvalue weighted by atomic mass is 32.3. The smallest absolute Gasteiger partial charge is 0.373 e. The number of nitrogens with one attached hydrogen (secondary N) is 1. The maximum absolute atomic E-state index is 11.5. The van der Waals surface area contributed by atoms with Crippen molar-refractivity contribution in [1.82, 2.24) is 10.2 Å². The molecule has 0 aromatic carbocycles. The van der Waals surface area contributed by atoms with E-state index in [0.717, 1.165) is 4.90 Å². The average Bonchev–Trinajstić information content (AvgIpc) is 2.96. The fraction of sp³-hybridized carbons (Fsp3) is 0.700. The summed E-state index contributed by atoms with van der Waals surface area (Å²) >= 11 is 0. The molecule has 1 unspecified atom stereocenters. The fourth-order valence-corrected chi connectivity index (χ4v) is 4.02. The van der Waals surface area contributed by atoms with Gasteiger partial charge in [-0.05, 0) is 0 Å². The number of hydrogen-bond acceptors (Lipinski definition) is 14. The molecule has 0 radical (unpaired) electrons. The number of carbonyl (C=O) groups is 1. The molecule has 15 nitrogen and oxygen atoms in total. The van der Waals surface area contributed by atoms with Gasteiger partial charge in [0.25, 0.3) is 0 Å². The van der Waals surface area contributed by atoms with Gasteiger partial charge < -0.3 is 36.7 Å². The van der Waals surface area contributed by atoms with E-state index in [1.54, 1.807) is 0 Å². The number of nitrogens with zero attached hydrogens (tertiary/aromatic N) is 3. The van der Waals surface area contributed by atoms with Crippen LogP contribution in [0.3, 0.4) is 0 Å². The van der Waals surface area contributed by atoms with Crippen LogP contribution in [0.5, 0.6) is 0 Å². The summed E-state index contributed by atoms with van der Waals surface area (Å²) in [7, 11) is -5.04. The van der Waals surface area contributed by atoms with Gasteiger partial charge in [-0.25, -0.2) is 14.2 Å². The molecule has 0 aromatic rings. The molecule has 4 atom stereocenters. The maximum atomic E-state index is 11.5. The monoisotopic (exact) mass is 395 g/mol. The van der Waals surface area contributed by atoms with Crippen LogP contribution in [0.2, 0.25) is 0 Å². The van der Waals surface area contributed by atoms with Gasteiger partial charge in [-0.15, -0.1) is 0 Å². The summed E-state index contributed by atoms with van der Waals surface area (Å²) in [5.74, 6) is 0.451. The lowest BCUT2D eigenvalue weighted by atomic mass is 9.84. The van der Waals surface area contributed by atoms with Gasteiger partial charge in [0.2, 0.25) is 5.79 Å². The lowest BCUT2D eigenvalue weighted by Gasteiger charge is -2.48. The Hall–Kier alpha value is -2.24. The Kier molecular flexibility index (Phi) is 4.01. The SMILES string of the molecule is NOC(=O)C[C@@H]1N=C(N)N2C[C@@H](OS(=O)(=O)O)C(O)(O)C23NC(N)=N[C@@H]13. The van der Waals surface area contributed by atoms with Gasteiger partial charge in [-0.3, -0.25) is 9.35 Å². The Morgan fingerprint density at radius 1 is 1.38 bits per heavy atom. The quantitative estimate of drug-likeness (QED) is 0.133. The molecule has 0 amide bonds. The Bertz CT molecular complexity index is 797. The van der Waals surface area contributed by atoms with Gasteiger partial charge in [0.1, 0.15) is 6.04 Å². The van der Waals surface area contributed by atoms with E-state index >= 15 is 0 Å². The van der Waals surface area contributed by atoms with Crippen LogP contribution in [0.4, 0.5) is 0 Å². The third-order valence-electron chi connectivity index (χ3n) is 4.49. The van der Waals surface area contributed by atoms with E-state index in [1.807, 2.05) is 0 Å². The Balaban J connectivity index is 2.07. The van der Waals surface area contributed by atoms with Crippen LogP contribution in [-0.4, -0.2) is 82.2 Å². The van der Waals surface area contributed by atoms with Crippen LogP contribution in [0.25, 0.3) is 0 Å². The van der Waals surface area contributed by atoms with E-state index in [2.05, 4.69) is 24.3 Å². The van der Waals surface area contributed by atoms with Gasteiger partial charge in [-0.2, -0.15) is 14.3 Å². The molecule has 1 saturated heterocycles. The minimum atomic E-state index is -5.04. The van der Waals surface area contributed by atoms with E-state index < -0.39 is 59.0 Å². The van der Waals surface area contributed by atoms with Gasteiger partial charge in [-0.1, -0.05) is 0 Å². The lowest BCUT2D eigenvalue weighted by Crippen LogP contribution is -2.77. The summed E-state index contributed by atoms with van der Waals surface area (Å²) in [6.45, 7) is -0.498. The first-order chi connectivity index (χ1) is 11.9. The van der Waals surface area contributed by atoms with Crippen molar-refractivity contribution < 1.29 is 37.0 Å². The van der Waals surface area contributed by atoms with Gasteiger partial charge in [0.15, 0.2) is 23.7 Å². The van der Waals surface area contributed by atoms with Crippen molar-refractivity contribution >= 4 is 28.3 Å². The highest BCUT2D eigenvalue weighted by Crippen LogP contribution is 2.46. The highest BCUT2D eigenvalue weighted by molar-refractivity contribution is 7.80. The maximum Gasteiger partial charge on any atom is 0.397 e. The average molecular weight is 395 g/mol. The second kappa shape index (κ2) is 5.63. The van der Waals surface area contributed by atoms with Crippen LogP contribution < -0.4 is 22.7 Å². The van der Waals surface area contributed by atoms with Crippen molar-refractivity contribution in [2.45, 2.75) is 36.1 Å². The molecule has 10 N–H and O–H groups in total. The van der Waals surface area contributed by atoms with E-state index in [-0.39, 0.29) is 11.9 Å². The van der Waals surface area contributed by atoms with E-state index in [4.69, 9.17) is 21.9 Å². The number of nitrogens with two attached hydrogens (primary N) is 3. The highest BCUT2D eigenvalue weighted by Gasteiger charge is 2.74.